The van der Waals surface area contributed by atoms with Crippen LogP contribution in [-0.2, 0) is 6.54 Å². The largest absolute Gasteiger partial charge is 0.365 e. The lowest BCUT2D eigenvalue weighted by Crippen LogP contribution is -2.35. The summed E-state index contributed by atoms with van der Waals surface area (Å²) in [6.45, 7) is 2.65. The minimum Gasteiger partial charge on any atom is -0.365 e. The van der Waals surface area contributed by atoms with E-state index in [1.165, 1.54) is 17.8 Å². The number of fused-ring (bicyclic) bond motifs is 1. The summed E-state index contributed by atoms with van der Waals surface area (Å²) < 4.78 is 13.5. The molecular weight excluding hydrogens is 401 g/mol. The fourth-order valence-corrected chi connectivity index (χ4v) is 3.99. The molecule has 0 amide bonds. The van der Waals surface area contributed by atoms with Gasteiger partial charge in [-0.2, -0.15) is 4.39 Å². The molecule has 1 unspecified atom stereocenters. The lowest BCUT2D eigenvalue weighted by atomic mass is 9.92. The Balaban J connectivity index is 1.33. The van der Waals surface area contributed by atoms with E-state index in [4.69, 9.17) is 0 Å². The van der Waals surface area contributed by atoms with Crippen LogP contribution in [0.5, 0.6) is 0 Å². The van der Waals surface area contributed by atoms with Crippen molar-refractivity contribution in [2.24, 2.45) is 0 Å². The summed E-state index contributed by atoms with van der Waals surface area (Å²) in [5.74, 6) is 0.420. The predicted molar refractivity (Wildman–Crippen MR) is 124 cm³/mol. The van der Waals surface area contributed by atoms with E-state index in [0.29, 0.717) is 6.54 Å². The van der Waals surface area contributed by atoms with E-state index in [0.717, 1.165) is 45.2 Å². The van der Waals surface area contributed by atoms with Gasteiger partial charge in [0.05, 0.1) is 5.35 Å². The number of nitrogens with one attached hydrogen (secondary N) is 1. The van der Waals surface area contributed by atoms with Gasteiger partial charge in [0.2, 0.25) is 5.95 Å². The van der Waals surface area contributed by atoms with Gasteiger partial charge in [0, 0.05) is 35.8 Å². The average molecular weight is 423 g/mol. The quantitative estimate of drug-likeness (QED) is 0.496. The maximum absolute atomic E-state index is 13.5. The molecule has 1 aliphatic rings. The van der Waals surface area contributed by atoms with Gasteiger partial charge in [-0.05, 0) is 59.9 Å². The highest BCUT2D eigenvalue weighted by Gasteiger charge is 2.14. The van der Waals surface area contributed by atoms with Crippen LogP contribution in [0, 0.1) is 12.9 Å². The van der Waals surface area contributed by atoms with Crippen molar-refractivity contribution in [1.29, 1.82) is 0 Å². The Morgan fingerprint density at radius 2 is 1.78 bits per heavy atom. The first-order chi connectivity index (χ1) is 15.7. The number of halogens is 1. The van der Waals surface area contributed by atoms with Gasteiger partial charge in [0.15, 0.2) is 0 Å². The summed E-state index contributed by atoms with van der Waals surface area (Å²) >= 11 is 0. The van der Waals surface area contributed by atoms with Crippen molar-refractivity contribution >= 4 is 18.0 Å². The van der Waals surface area contributed by atoms with E-state index in [1.807, 2.05) is 25.3 Å². The SMILES string of the molecule is Cc1cc(-c2ccc(CNc3ncnc4c3=CCC(c3ccnc(F)c3)C=4)cc2)ccn1. The molecule has 3 aromatic heterocycles. The van der Waals surface area contributed by atoms with Gasteiger partial charge in [0.25, 0.3) is 0 Å². The Kier molecular flexibility index (Phi) is 5.42. The second-order valence-corrected chi connectivity index (χ2v) is 7.88. The Labute approximate surface area is 185 Å². The molecule has 0 fully saturated rings. The van der Waals surface area contributed by atoms with Crippen LogP contribution in [0.1, 0.15) is 29.2 Å². The molecule has 0 bridgehead atoms. The molecule has 0 radical (unpaired) electrons. The number of benzene rings is 1. The summed E-state index contributed by atoms with van der Waals surface area (Å²) in [6, 6.07) is 15.9. The van der Waals surface area contributed by atoms with Crippen molar-refractivity contribution in [3.63, 3.8) is 0 Å². The van der Waals surface area contributed by atoms with Crippen LogP contribution < -0.4 is 15.9 Å². The van der Waals surface area contributed by atoms with E-state index in [1.54, 1.807) is 6.33 Å². The van der Waals surface area contributed by atoms with Gasteiger partial charge in [-0.25, -0.2) is 15.0 Å². The first-order valence-electron chi connectivity index (χ1n) is 10.6. The van der Waals surface area contributed by atoms with Gasteiger partial charge in [-0.1, -0.05) is 36.4 Å². The molecule has 4 aromatic rings. The second kappa shape index (κ2) is 8.67. The van der Waals surface area contributed by atoms with Crippen LogP contribution in [0.25, 0.3) is 23.3 Å². The van der Waals surface area contributed by atoms with Gasteiger partial charge < -0.3 is 5.32 Å². The second-order valence-electron chi connectivity index (χ2n) is 7.88. The van der Waals surface area contributed by atoms with Gasteiger partial charge in [-0.15, -0.1) is 0 Å². The number of rotatable bonds is 5. The van der Waals surface area contributed by atoms with Crippen molar-refractivity contribution in [3.05, 3.63) is 101 Å². The third kappa shape index (κ3) is 4.25. The van der Waals surface area contributed by atoms with Crippen LogP contribution in [0.15, 0.2) is 67.3 Å². The maximum atomic E-state index is 13.5. The van der Waals surface area contributed by atoms with Crippen molar-refractivity contribution in [3.8, 4) is 11.1 Å². The highest BCUT2D eigenvalue weighted by molar-refractivity contribution is 5.63. The van der Waals surface area contributed by atoms with E-state index >= 15 is 0 Å². The molecule has 0 saturated heterocycles. The molecule has 1 aliphatic carbocycles. The summed E-state index contributed by atoms with van der Waals surface area (Å²) in [6.07, 6.45) is 9.86. The molecule has 3 heterocycles. The number of hydrogen-bond acceptors (Lipinski definition) is 5. The van der Waals surface area contributed by atoms with Crippen molar-refractivity contribution in [1.82, 2.24) is 19.9 Å². The zero-order valence-electron chi connectivity index (χ0n) is 17.7. The molecule has 32 heavy (non-hydrogen) atoms. The lowest BCUT2D eigenvalue weighted by Gasteiger charge is -2.15. The molecule has 1 aromatic carbocycles. The summed E-state index contributed by atoms with van der Waals surface area (Å²) in [5, 5.41) is 5.29. The van der Waals surface area contributed by atoms with Gasteiger partial charge >= 0.3 is 0 Å². The number of pyridine rings is 2. The summed E-state index contributed by atoms with van der Waals surface area (Å²) in [7, 11) is 0. The number of hydrogen-bond donors (Lipinski definition) is 1. The van der Waals surface area contributed by atoms with E-state index in [9.17, 15) is 4.39 Å². The first-order valence-corrected chi connectivity index (χ1v) is 10.6. The Hall–Kier alpha value is -3.93. The number of aromatic nitrogens is 4. The summed E-state index contributed by atoms with van der Waals surface area (Å²) in [4.78, 5) is 16.8. The maximum Gasteiger partial charge on any atom is 0.213 e. The standard InChI is InChI=1S/C26H22FN5/c1-17-12-21(8-10-28-17)19-4-2-18(3-5-19)15-30-26-23-7-6-20(13-24(23)31-16-32-26)22-9-11-29-25(27)14-22/h2-5,7-14,16,20H,6,15H2,1H3,(H,30,31,32). The smallest absolute Gasteiger partial charge is 0.213 e. The molecule has 5 nitrogen and oxygen atoms in total. The monoisotopic (exact) mass is 423 g/mol. The topological polar surface area (TPSA) is 63.6 Å². The van der Waals surface area contributed by atoms with E-state index in [2.05, 4.69) is 67.7 Å². The van der Waals surface area contributed by atoms with Crippen LogP contribution in [0.3, 0.4) is 0 Å². The highest BCUT2D eigenvalue weighted by atomic mass is 19.1. The van der Waals surface area contributed by atoms with Gasteiger partial charge in [-0.3, -0.25) is 4.98 Å². The third-order valence-corrected chi connectivity index (χ3v) is 5.67. The molecule has 1 atom stereocenters. The molecule has 0 saturated carbocycles. The van der Waals surface area contributed by atoms with Crippen LogP contribution in [0.4, 0.5) is 10.2 Å². The normalized spacial score (nSPS) is 14.8. The minimum absolute atomic E-state index is 0.0760. The van der Waals surface area contributed by atoms with E-state index in [-0.39, 0.29) is 5.92 Å². The van der Waals surface area contributed by atoms with Crippen molar-refractivity contribution in [2.75, 3.05) is 5.32 Å². The predicted octanol–water partition coefficient (Wildman–Crippen LogP) is 3.74. The fraction of sp³-hybridized carbons (Fsp3) is 0.154. The fourth-order valence-electron chi connectivity index (χ4n) is 3.99. The highest BCUT2D eigenvalue weighted by Crippen LogP contribution is 2.23. The number of nitrogens with zero attached hydrogens (tertiary/aromatic N) is 4. The zero-order valence-corrected chi connectivity index (χ0v) is 17.7. The third-order valence-electron chi connectivity index (χ3n) is 5.67. The Morgan fingerprint density at radius 3 is 2.59 bits per heavy atom. The van der Waals surface area contributed by atoms with Crippen LogP contribution in [0.2, 0.25) is 0 Å². The number of aryl methyl sites for hydroxylation is 1. The first kappa shape index (κ1) is 20.0. The lowest BCUT2D eigenvalue weighted by molar-refractivity contribution is 0.580. The molecule has 1 N–H and O–H groups in total. The zero-order chi connectivity index (χ0) is 21.9. The van der Waals surface area contributed by atoms with Gasteiger partial charge in [0.1, 0.15) is 12.1 Å². The van der Waals surface area contributed by atoms with Crippen LogP contribution in [-0.4, -0.2) is 19.9 Å². The molecule has 0 spiro atoms. The average Bonchev–Trinajstić information content (AvgIpc) is 2.82. The minimum atomic E-state index is -0.461. The van der Waals surface area contributed by atoms with Crippen LogP contribution >= 0.6 is 0 Å². The molecule has 0 aliphatic heterocycles. The molecule has 6 heteroatoms. The van der Waals surface area contributed by atoms with Crippen molar-refractivity contribution in [2.45, 2.75) is 25.8 Å². The van der Waals surface area contributed by atoms with E-state index < -0.39 is 5.95 Å². The summed E-state index contributed by atoms with van der Waals surface area (Å²) in [5.41, 5.74) is 5.40. The number of anilines is 1. The molecular formula is C26H22FN5. The molecule has 5 rings (SSSR count). The Morgan fingerprint density at radius 1 is 0.938 bits per heavy atom. The van der Waals surface area contributed by atoms with Crippen molar-refractivity contribution < 1.29 is 4.39 Å². The molecule has 158 valence electrons. The Bertz CT molecular complexity index is 1380.